The highest BCUT2D eigenvalue weighted by Gasteiger charge is 2.19. The van der Waals surface area contributed by atoms with Crippen LogP contribution in [0, 0.1) is 5.92 Å². The fourth-order valence-corrected chi connectivity index (χ4v) is 2.24. The van der Waals surface area contributed by atoms with Gasteiger partial charge in [-0.25, -0.2) is 9.48 Å². The maximum Gasteiger partial charge on any atom is 0.358 e. The molecule has 0 spiro atoms. The van der Waals surface area contributed by atoms with Gasteiger partial charge in [-0.05, 0) is 30.0 Å². The summed E-state index contributed by atoms with van der Waals surface area (Å²) in [7, 11) is 0. The van der Waals surface area contributed by atoms with Crippen LogP contribution in [-0.2, 0) is 13.0 Å². The van der Waals surface area contributed by atoms with Crippen LogP contribution in [0.3, 0.4) is 0 Å². The summed E-state index contributed by atoms with van der Waals surface area (Å²) in [5.74, 6) is -0.720. The highest BCUT2D eigenvalue weighted by Crippen LogP contribution is 2.16. The first-order valence-electron chi connectivity index (χ1n) is 6.37. The van der Waals surface area contributed by atoms with E-state index in [1.165, 1.54) is 0 Å². The van der Waals surface area contributed by atoms with E-state index in [1.807, 2.05) is 32.0 Å². The fraction of sp³-hybridized carbons (Fsp3) is 0.357. The molecule has 1 heterocycles. The maximum absolute atomic E-state index is 11.2. The SMILES string of the molecule is CC(C)Cc1c(C(=O)O)nnn1Cc1cccc(Cl)c1. The molecular weight excluding hydrogens is 278 g/mol. The maximum atomic E-state index is 11.2. The second kappa shape index (κ2) is 6.05. The highest BCUT2D eigenvalue weighted by molar-refractivity contribution is 6.30. The second-order valence-corrected chi connectivity index (χ2v) is 5.51. The zero-order valence-corrected chi connectivity index (χ0v) is 12.1. The first-order chi connectivity index (χ1) is 9.47. The average Bonchev–Trinajstić information content (AvgIpc) is 2.72. The van der Waals surface area contributed by atoms with E-state index in [0.29, 0.717) is 29.6 Å². The van der Waals surface area contributed by atoms with Gasteiger partial charge in [0.2, 0.25) is 0 Å². The first-order valence-corrected chi connectivity index (χ1v) is 6.75. The second-order valence-electron chi connectivity index (χ2n) is 5.08. The van der Waals surface area contributed by atoms with Crippen LogP contribution in [0.1, 0.15) is 35.6 Å². The van der Waals surface area contributed by atoms with Crippen molar-refractivity contribution in [2.45, 2.75) is 26.8 Å². The predicted octanol–water partition coefficient (Wildman–Crippen LogP) is 2.88. The summed E-state index contributed by atoms with van der Waals surface area (Å²) in [6, 6.07) is 7.41. The zero-order chi connectivity index (χ0) is 14.7. The molecule has 1 aromatic heterocycles. The standard InChI is InChI=1S/C14H16ClN3O2/c1-9(2)6-12-13(14(19)20)16-17-18(12)8-10-4-3-5-11(15)7-10/h3-5,7,9H,6,8H2,1-2H3,(H,19,20). The van der Waals surface area contributed by atoms with Gasteiger partial charge in [0.1, 0.15) is 0 Å². The Morgan fingerprint density at radius 2 is 2.20 bits per heavy atom. The number of nitrogens with zero attached hydrogens (tertiary/aromatic N) is 3. The van der Waals surface area contributed by atoms with Crippen LogP contribution in [0.2, 0.25) is 5.02 Å². The van der Waals surface area contributed by atoms with E-state index in [1.54, 1.807) is 10.7 Å². The summed E-state index contributed by atoms with van der Waals surface area (Å²) in [4.78, 5) is 11.2. The molecule has 0 atom stereocenters. The molecule has 0 bridgehead atoms. The van der Waals surface area contributed by atoms with Crippen molar-refractivity contribution in [1.29, 1.82) is 0 Å². The number of carboxylic acids is 1. The molecular formula is C14H16ClN3O2. The lowest BCUT2D eigenvalue weighted by molar-refractivity contribution is 0.0689. The third-order valence-corrected chi connectivity index (χ3v) is 3.10. The zero-order valence-electron chi connectivity index (χ0n) is 11.4. The number of hydrogen-bond acceptors (Lipinski definition) is 3. The Hall–Kier alpha value is -1.88. The Bertz CT molecular complexity index is 623. The molecule has 5 nitrogen and oxygen atoms in total. The lowest BCUT2D eigenvalue weighted by atomic mass is 10.1. The van der Waals surface area contributed by atoms with Gasteiger partial charge in [-0.1, -0.05) is 42.8 Å². The molecule has 1 N–H and O–H groups in total. The summed E-state index contributed by atoms with van der Waals surface area (Å²) >= 11 is 5.95. The van der Waals surface area contributed by atoms with Crippen LogP contribution in [0.5, 0.6) is 0 Å². The number of halogens is 1. The van der Waals surface area contributed by atoms with Gasteiger partial charge < -0.3 is 5.11 Å². The molecule has 2 rings (SSSR count). The number of carboxylic acid groups (broad SMARTS) is 1. The van der Waals surface area contributed by atoms with Crippen LogP contribution < -0.4 is 0 Å². The van der Waals surface area contributed by atoms with Gasteiger partial charge in [-0.15, -0.1) is 5.10 Å². The largest absolute Gasteiger partial charge is 0.476 e. The number of rotatable bonds is 5. The summed E-state index contributed by atoms with van der Waals surface area (Å²) in [6.07, 6.45) is 0.620. The number of aromatic nitrogens is 3. The topological polar surface area (TPSA) is 68.0 Å². The number of benzene rings is 1. The summed E-state index contributed by atoms with van der Waals surface area (Å²) in [5.41, 5.74) is 1.64. The summed E-state index contributed by atoms with van der Waals surface area (Å²) < 4.78 is 1.63. The van der Waals surface area contributed by atoms with Crippen molar-refractivity contribution in [1.82, 2.24) is 15.0 Å². The minimum absolute atomic E-state index is 0.0285. The molecule has 6 heteroatoms. The third kappa shape index (κ3) is 3.36. The van der Waals surface area contributed by atoms with E-state index in [0.717, 1.165) is 5.56 Å². The van der Waals surface area contributed by atoms with Crippen molar-refractivity contribution < 1.29 is 9.90 Å². The first kappa shape index (κ1) is 14.5. The molecule has 1 aromatic carbocycles. The van der Waals surface area contributed by atoms with Crippen LogP contribution >= 0.6 is 11.6 Å². The Morgan fingerprint density at radius 3 is 2.80 bits per heavy atom. The van der Waals surface area contributed by atoms with E-state index < -0.39 is 5.97 Å². The molecule has 0 amide bonds. The number of aromatic carboxylic acids is 1. The number of hydrogen-bond donors (Lipinski definition) is 1. The molecule has 106 valence electrons. The van der Waals surface area contributed by atoms with Crippen LogP contribution in [0.25, 0.3) is 0 Å². The van der Waals surface area contributed by atoms with Crippen LogP contribution in [0.15, 0.2) is 24.3 Å². The van der Waals surface area contributed by atoms with Gasteiger partial charge >= 0.3 is 5.97 Å². The molecule has 0 saturated carbocycles. The van der Waals surface area contributed by atoms with Gasteiger partial charge in [0.15, 0.2) is 5.69 Å². The van der Waals surface area contributed by atoms with Gasteiger partial charge in [0, 0.05) is 5.02 Å². The minimum Gasteiger partial charge on any atom is -0.476 e. The van der Waals surface area contributed by atoms with Gasteiger partial charge in [0.25, 0.3) is 0 Å². The van der Waals surface area contributed by atoms with Gasteiger partial charge in [0.05, 0.1) is 12.2 Å². The summed E-state index contributed by atoms with van der Waals surface area (Å²) in [6.45, 7) is 4.52. The Balaban J connectivity index is 2.33. The quantitative estimate of drug-likeness (QED) is 0.920. The number of carbonyl (C=O) groups is 1. The smallest absolute Gasteiger partial charge is 0.358 e. The van der Waals surface area contributed by atoms with E-state index in [4.69, 9.17) is 16.7 Å². The van der Waals surface area contributed by atoms with Crippen molar-refractivity contribution in [2.24, 2.45) is 5.92 Å². The van der Waals surface area contributed by atoms with E-state index >= 15 is 0 Å². The van der Waals surface area contributed by atoms with Gasteiger partial charge in [-0.2, -0.15) is 0 Å². The van der Waals surface area contributed by atoms with Crippen molar-refractivity contribution in [3.05, 3.63) is 46.2 Å². The van der Waals surface area contributed by atoms with Crippen LogP contribution in [-0.4, -0.2) is 26.1 Å². The normalized spacial score (nSPS) is 11.0. The molecule has 0 saturated heterocycles. The molecule has 0 aliphatic carbocycles. The Morgan fingerprint density at radius 1 is 1.45 bits per heavy atom. The van der Waals surface area contributed by atoms with E-state index in [9.17, 15) is 4.79 Å². The molecule has 0 unspecified atom stereocenters. The van der Waals surface area contributed by atoms with Gasteiger partial charge in [-0.3, -0.25) is 0 Å². The predicted molar refractivity (Wildman–Crippen MR) is 76.1 cm³/mol. The monoisotopic (exact) mass is 293 g/mol. The average molecular weight is 294 g/mol. The van der Waals surface area contributed by atoms with Crippen molar-refractivity contribution in [3.8, 4) is 0 Å². The molecule has 0 aliphatic rings. The van der Waals surface area contributed by atoms with Crippen molar-refractivity contribution in [3.63, 3.8) is 0 Å². The minimum atomic E-state index is -1.04. The Labute approximate surface area is 122 Å². The van der Waals surface area contributed by atoms with E-state index in [-0.39, 0.29) is 5.69 Å². The molecule has 0 fully saturated rings. The molecule has 0 aliphatic heterocycles. The highest BCUT2D eigenvalue weighted by atomic mass is 35.5. The van der Waals surface area contributed by atoms with Crippen LogP contribution in [0.4, 0.5) is 0 Å². The Kier molecular flexibility index (Phi) is 4.39. The molecule has 0 radical (unpaired) electrons. The third-order valence-electron chi connectivity index (χ3n) is 2.86. The van der Waals surface area contributed by atoms with E-state index in [2.05, 4.69) is 10.3 Å². The van der Waals surface area contributed by atoms with Crippen molar-refractivity contribution >= 4 is 17.6 Å². The summed E-state index contributed by atoms with van der Waals surface area (Å²) in [5, 5.41) is 17.5. The molecule has 20 heavy (non-hydrogen) atoms. The lowest BCUT2D eigenvalue weighted by Gasteiger charge is -2.09. The van der Waals surface area contributed by atoms with Crippen molar-refractivity contribution in [2.75, 3.05) is 0 Å². The fourth-order valence-electron chi connectivity index (χ4n) is 2.02. The lowest BCUT2D eigenvalue weighted by Crippen LogP contribution is -2.11. The molecule has 2 aromatic rings.